The summed E-state index contributed by atoms with van der Waals surface area (Å²) in [6.07, 6.45) is 7.00. The van der Waals surface area contributed by atoms with Gasteiger partial charge < -0.3 is 16.0 Å². The number of rotatable bonds is 4. The van der Waals surface area contributed by atoms with Crippen molar-refractivity contribution in [1.82, 2.24) is 4.98 Å². The fourth-order valence-electron chi connectivity index (χ4n) is 3.75. The van der Waals surface area contributed by atoms with Gasteiger partial charge in [-0.2, -0.15) is 0 Å². The third-order valence-corrected chi connectivity index (χ3v) is 5.11. The zero-order chi connectivity index (χ0) is 17.2. The molecule has 4 N–H and O–H groups in total. The Morgan fingerprint density at radius 1 is 1.12 bits per heavy atom. The number of para-hydroxylation sites is 1. The molecule has 1 aliphatic rings. The van der Waals surface area contributed by atoms with Gasteiger partial charge in [0.25, 0.3) is 0 Å². The molecule has 1 aliphatic carbocycles. The number of fused-ring (bicyclic) bond motifs is 2. The first-order valence-corrected chi connectivity index (χ1v) is 8.94. The van der Waals surface area contributed by atoms with Crippen molar-refractivity contribution in [3.05, 3.63) is 65.4 Å². The number of aromatic amines is 1. The summed E-state index contributed by atoms with van der Waals surface area (Å²) in [6.45, 7) is 0. The maximum Gasteiger partial charge on any atom is 0.241 e. The van der Waals surface area contributed by atoms with Crippen molar-refractivity contribution in [1.29, 1.82) is 0 Å². The summed E-state index contributed by atoms with van der Waals surface area (Å²) >= 11 is 0. The van der Waals surface area contributed by atoms with E-state index in [1.54, 1.807) is 0 Å². The molecule has 1 atom stereocenters. The van der Waals surface area contributed by atoms with E-state index < -0.39 is 6.04 Å². The predicted molar refractivity (Wildman–Crippen MR) is 109 cm³/mol. The molecule has 0 spiro atoms. The van der Waals surface area contributed by atoms with Crippen LogP contribution in [0.15, 0.2) is 48.7 Å². The molecule has 0 saturated heterocycles. The Kier molecular flexibility index (Phi) is 5.64. The summed E-state index contributed by atoms with van der Waals surface area (Å²) in [4.78, 5) is 15.9. The number of H-pyrrole nitrogens is 1. The average molecular weight is 370 g/mol. The molecule has 0 bridgehead atoms. The molecule has 0 radical (unpaired) electrons. The fraction of sp³-hybridized carbons (Fsp3) is 0.286. The van der Waals surface area contributed by atoms with Gasteiger partial charge in [0.15, 0.2) is 0 Å². The smallest absolute Gasteiger partial charge is 0.241 e. The summed E-state index contributed by atoms with van der Waals surface area (Å²) in [5, 5.41) is 4.18. The molecule has 1 amide bonds. The summed E-state index contributed by atoms with van der Waals surface area (Å²) in [7, 11) is 0. The quantitative estimate of drug-likeness (QED) is 0.651. The normalized spacial score (nSPS) is 14.3. The molecule has 1 aromatic heterocycles. The maximum atomic E-state index is 12.6. The van der Waals surface area contributed by atoms with Crippen LogP contribution in [0.4, 0.5) is 5.69 Å². The second kappa shape index (κ2) is 7.94. The number of aromatic nitrogens is 1. The standard InChI is InChI=1S/C21H23N3O.ClH/c22-18(12-15-13-23-19-10-4-3-9-17(15)19)21(25)24-20-11-5-7-14-6-1-2-8-16(14)20;/h3-5,7,9-11,13,18,23H,1-2,6,8,12,22H2,(H,24,25);1H/t18-;/m0./s1. The lowest BCUT2D eigenvalue weighted by atomic mass is 9.90. The van der Waals surface area contributed by atoms with Crippen molar-refractivity contribution < 1.29 is 4.79 Å². The minimum atomic E-state index is -0.571. The second-order valence-corrected chi connectivity index (χ2v) is 6.81. The lowest BCUT2D eigenvalue weighted by Crippen LogP contribution is -2.37. The SMILES string of the molecule is Cl.N[C@@H](Cc1c[nH]c2ccccc12)C(=O)Nc1cccc2c1CCCC2. The molecule has 4 nitrogen and oxygen atoms in total. The molecular weight excluding hydrogens is 346 g/mol. The van der Waals surface area contributed by atoms with Crippen LogP contribution in [0.25, 0.3) is 10.9 Å². The van der Waals surface area contributed by atoms with Crippen molar-refractivity contribution in [2.75, 3.05) is 5.32 Å². The number of hydrogen-bond acceptors (Lipinski definition) is 2. The van der Waals surface area contributed by atoms with Gasteiger partial charge in [-0.3, -0.25) is 4.79 Å². The van der Waals surface area contributed by atoms with E-state index in [1.165, 1.54) is 24.0 Å². The number of aryl methyl sites for hydroxylation is 1. The van der Waals surface area contributed by atoms with E-state index in [1.807, 2.05) is 36.5 Å². The van der Waals surface area contributed by atoms with Gasteiger partial charge in [0, 0.05) is 22.8 Å². The number of nitrogens with one attached hydrogen (secondary N) is 2. The van der Waals surface area contributed by atoms with Crippen molar-refractivity contribution in [2.45, 2.75) is 38.1 Å². The Balaban J connectivity index is 0.00000196. The number of carbonyl (C=O) groups excluding carboxylic acids is 1. The average Bonchev–Trinajstić information content (AvgIpc) is 3.05. The molecule has 1 heterocycles. The number of hydrogen-bond donors (Lipinski definition) is 3. The van der Waals surface area contributed by atoms with E-state index >= 15 is 0 Å². The van der Waals surface area contributed by atoms with Gasteiger partial charge in [0.1, 0.15) is 0 Å². The molecular formula is C21H24ClN3O. The third-order valence-electron chi connectivity index (χ3n) is 5.11. The Labute approximate surface area is 159 Å². The Morgan fingerprint density at radius 3 is 2.81 bits per heavy atom. The lowest BCUT2D eigenvalue weighted by Gasteiger charge is -2.20. The highest BCUT2D eigenvalue weighted by Gasteiger charge is 2.19. The van der Waals surface area contributed by atoms with Gasteiger partial charge in [-0.05, 0) is 60.9 Å². The van der Waals surface area contributed by atoms with Crippen LogP contribution in [0.2, 0.25) is 0 Å². The highest BCUT2D eigenvalue weighted by atomic mass is 35.5. The monoisotopic (exact) mass is 369 g/mol. The molecule has 4 rings (SSSR count). The van der Waals surface area contributed by atoms with Crippen LogP contribution >= 0.6 is 12.4 Å². The van der Waals surface area contributed by atoms with Gasteiger partial charge in [0.05, 0.1) is 6.04 Å². The molecule has 3 aromatic rings. The topological polar surface area (TPSA) is 70.9 Å². The Morgan fingerprint density at radius 2 is 1.92 bits per heavy atom. The van der Waals surface area contributed by atoms with Crippen molar-refractivity contribution in [2.24, 2.45) is 5.73 Å². The number of nitrogens with two attached hydrogens (primary N) is 1. The number of halogens is 1. The van der Waals surface area contributed by atoms with E-state index in [0.29, 0.717) is 6.42 Å². The number of anilines is 1. The lowest BCUT2D eigenvalue weighted by molar-refractivity contribution is -0.117. The Bertz CT molecular complexity index is 919. The number of benzene rings is 2. The van der Waals surface area contributed by atoms with Crippen LogP contribution in [0, 0.1) is 0 Å². The van der Waals surface area contributed by atoms with E-state index in [4.69, 9.17) is 5.73 Å². The van der Waals surface area contributed by atoms with Gasteiger partial charge in [-0.15, -0.1) is 12.4 Å². The van der Waals surface area contributed by atoms with Gasteiger partial charge in [0.2, 0.25) is 5.91 Å². The first kappa shape index (κ1) is 18.5. The minimum absolute atomic E-state index is 0. The van der Waals surface area contributed by atoms with E-state index in [-0.39, 0.29) is 18.3 Å². The highest BCUT2D eigenvalue weighted by molar-refractivity contribution is 5.96. The molecule has 0 aliphatic heterocycles. The van der Waals surface area contributed by atoms with E-state index in [9.17, 15) is 4.79 Å². The molecule has 2 aromatic carbocycles. The largest absolute Gasteiger partial charge is 0.361 e. The van der Waals surface area contributed by atoms with Gasteiger partial charge in [-0.1, -0.05) is 30.3 Å². The fourth-order valence-corrected chi connectivity index (χ4v) is 3.75. The van der Waals surface area contributed by atoms with Gasteiger partial charge >= 0.3 is 0 Å². The highest BCUT2D eigenvalue weighted by Crippen LogP contribution is 2.28. The molecule has 26 heavy (non-hydrogen) atoms. The molecule has 0 unspecified atom stereocenters. The second-order valence-electron chi connectivity index (χ2n) is 6.81. The van der Waals surface area contributed by atoms with Crippen LogP contribution in [0.5, 0.6) is 0 Å². The summed E-state index contributed by atoms with van der Waals surface area (Å²) in [5.41, 5.74) is 11.9. The molecule has 5 heteroatoms. The van der Waals surface area contributed by atoms with Crippen molar-refractivity contribution in [3.63, 3.8) is 0 Å². The first-order chi connectivity index (χ1) is 12.2. The summed E-state index contributed by atoms with van der Waals surface area (Å²) in [6, 6.07) is 13.7. The predicted octanol–water partition coefficient (Wildman–Crippen LogP) is 3.98. The third kappa shape index (κ3) is 3.62. The van der Waals surface area contributed by atoms with Crippen LogP contribution in [-0.2, 0) is 24.1 Å². The van der Waals surface area contributed by atoms with Gasteiger partial charge in [-0.25, -0.2) is 0 Å². The number of amides is 1. The molecule has 136 valence electrons. The van der Waals surface area contributed by atoms with Crippen molar-refractivity contribution >= 4 is 34.9 Å². The van der Waals surface area contributed by atoms with E-state index in [0.717, 1.165) is 35.0 Å². The zero-order valence-corrected chi connectivity index (χ0v) is 15.4. The van der Waals surface area contributed by atoms with Crippen LogP contribution in [0.3, 0.4) is 0 Å². The minimum Gasteiger partial charge on any atom is -0.361 e. The Hall–Kier alpha value is -2.30. The molecule has 0 saturated carbocycles. The molecule has 0 fully saturated rings. The van der Waals surface area contributed by atoms with E-state index in [2.05, 4.69) is 22.4 Å². The van der Waals surface area contributed by atoms with Crippen LogP contribution in [-0.4, -0.2) is 16.9 Å². The summed E-state index contributed by atoms with van der Waals surface area (Å²) < 4.78 is 0. The van der Waals surface area contributed by atoms with Crippen LogP contribution in [0.1, 0.15) is 29.5 Å². The van der Waals surface area contributed by atoms with Crippen LogP contribution < -0.4 is 11.1 Å². The maximum absolute atomic E-state index is 12.6. The summed E-state index contributed by atoms with van der Waals surface area (Å²) in [5.74, 6) is -0.121. The van der Waals surface area contributed by atoms with Crippen molar-refractivity contribution in [3.8, 4) is 0 Å². The number of carbonyl (C=O) groups is 1. The first-order valence-electron chi connectivity index (χ1n) is 8.94. The zero-order valence-electron chi connectivity index (χ0n) is 14.6.